The highest BCUT2D eigenvalue weighted by atomic mass is 16.3. The molecular formula is C20H22N8O. The molecule has 0 amide bonds. The van der Waals surface area contributed by atoms with Gasteiger partial charge in [-0.05, 0) is 59.6 Å². The van der Waals surface area contributed by atoms with Crippen molar-refractivity contribution in [2.45, 2.75) is 31.8 Å². The van der Waals surface area contributed by atoms with Crippen molar-refractivity contribution in [2.75, 3.05) is 13.1 Å². The molecule has 1 N–H and O–H groups in total. The Morgan fingerprint density at radius 3 is 2.97 bits per heavy atom. The number of piperidine rings is 1. The minimum absolute atomic E-state index is 0.392. The van der Waals surface area contributed by atoms with E-state index in [0.29, 0.717) is 19.0 Å². The summed E-state index contributed by atoms with van der Waals surface area (Å²) in [6, 6.07) is 7.86. The summed E-state index contributed by atoms with van der Waals surface area (Å²) in [6.45, 7) is 3.22. The number of nitrogens with zero attached hydrogens (tertiary/aromatic N) is 7. The summed E-state index contributed by atoms with van der Waals surface area (Å²) in [5, 5.41) is 19.8. The second-order valence-corrected chi connectivity index (χ2v) is 7.34. The van der Waals surface area contributed by atoms with Gasteiger partial charge >= 0.3 is 0 Å². The van der Waals surface area contributed by atoms with Crippen molar-refractivity contribution in [1.29, 1.82) is 0 Å². The Labute approximate surface area is 167 Å². The second-order valence-electron chi connectivity index (χ2n) is 7.34. The molecule has 9 nitrogen and oxygen atoms in total. The van der Waals surface area contributed by atoms with Crippen LogP contribution in [-0.2, 0) is 13.1 Å². The first-order valence-corrected chi connectivity index (χ1v) is 9.80. The molecule has 1 atom stereocenters. The van der Waals surface area contributed by atoms with E-state index in [9.17, 15) is 0 Å². The van der Waals surface area contributed by atoms with Gasteiger partial charge in [-0.25, -0.2) is 4.68 Å². The lowest BCUT2D eigenvalue weighted by Gasteiger charge is -2.32. The van der Waals surface area contributed by atoms with E-state index in [1.165, 1.54) is 5.69 Å². The van der Waals surface area contributed by atoms with Crippen molar-refractivity contribution < 1.29 is 4.42 Å². The van der Waals surface area contributed by atoms with Crippen LogP contribution in [0.2, 0.25) is 0 Å². The third-order valence-electron chi connectivity index (χ3n) is 5.43. The smallest absolute Gasteiger partial charge is 0.165 e. The highest BCUT2D eigenvalue weighted by molar-refractivity contribution is 5.65. The summed E-state index contributed by atoms with van der Waals surface area (Å²) >= 11 is 0. The molecule has 4 aromatic heterocycles. The Bertz CT molecular complexity index is 1040. The second kappa shape index (κ2) is 7.96. The van der Waals surface area contributed by atoms with E-state index in [1.54, 1.807) is 10.9 Å². The summed E-state index contributed by atoms with van der Waals surface area (Å²) in [4.78, 5) is 6.53. The SMILES string of the molecule is c1coc(Cn2nnnc2CN2CCC[C@@H](c3[nH]ncc3-c3ccncc3)C2)c1. The first-order chi connectivity index (χ1) is 14.4. The number of pyridine rings is 1. The Balaban J connectivity index is 1.30. The monoisotopic (exact) mass is 390 g/mol. The molecule has 9 heteroatoms. The van der Waals surface area contributed by atoms with Crippen LogP contribution in [0, 0.1) is 0 Å². The molecule has 148 valence electrons. The fourth-order valence-electron chi connectivity index (χ4n) is 4.01. The van der Waals surface area contributed by atoms with Crippen molar-refractivity contribution >= 4 is 0 Å². The molecule has 5 heterocycles. The van der Waals surface area contributed by atoms with Crippen LogP contribution in [0.15, 0.2) is 53.5 Å². The summed E-state index contributed by atoms with van der Waals surface area (Å²) in [5.41, 5.74) is 3.49. The van der Waals surface area contributed by atoms with Crippen LogP contribution >= 0.6 is 0 Å². The normalized spacial score (nSPS) is 17.6. The van der Waals surface area contributed by atoms with Gasteiger partial charge in [0.2, 0.25) is 0 Å². The average Bonchev–Trinajstić information content (AvgIpc) is 3.52. The molecule has 0 unspecified atom stereocenters. The van der Waals surface area contributed by atoms with Crippen molar-refractivity contribution in [2.24, 2.45) is 0 Å². The Hall–Kier alpha value is -3.33. The van der Waals surface area contributed by atoms with Crippen molar-refractivity contribution in [1.82, 2.24) is 40.3 Å². The summed E-state index contributed by atoms with van der Waals surface area (Å²) in [6.07, 6.45) is 9.47. The number of hydrogen-bond acceptors (Lipinski definition) is 7. The van der Waals surface area contributed by atoms with Gasteiger partial charge in [0.15, 0.2) is 5.82 Å². The Morgan fingerprint density at radius 1 is 1.17 bits per heavy atom. The van der Waals surface area contributed by atoms with Crippen molar-refractivity contribution in [3.05, 3.63) is 66.4 Å². The van der Waals surface area contributed by atoms with Gasteiger partial charge in [-0.15, -0.1) is 5.10 Å². The summed E-state index contributed by atoms with van der Waals surface area (Å²) < 4.78 is 7.23. The van der Waals surface area contributed by atoms with Gasteiger partial charge in [-0.1, -0.05) is 0 Å². The lowest BCUT2D eigenvalue weighted by molar-refractivity contribution is 0.191. The Morgan fingerprint density at radius 2 is 2.10 bits per heavy atom. The van der Waals surface area contributed by atoms with E-state index < -0.39 is 0 Å². The highest BCUT2D eigenvalue weighted by Crippen LogP contribution is 2.33. The number of nitrogens with one attached hydrogen (secondary N) is 1. The van der Waals surface area contributed by atoms with E-state index in [4.69, 9.17) is 4.42 Å². The lowest BCUT2D eigenvalue weighted by Crippen LogP contribution is -2.35. The van der Waals surface area contributed by atoms with E-state index in [2.05, 4.69) is 35.6 Å². The zero-order valence-corrected chi connectivity index (χ0v) is 16.0. The third kappa shape index (κ3) is 3.81. The predicted octanol–water partition coefficient (Wildman–Crippen LogP) is 2.48. The molecule has 1 aliphatic rings. The minimum Gasteiger partial charge on any atom is -0.467 e. The van der Waals surface area contributed by atoms with E-state index >= 15 is 0 Å². The molecule has 29 heavy (non-hydrogen) atoms. The maximum absolute atomic E-state index is 5.43. The minimum atomic E-state index is 0.392. The highest BCUT2D eigenvalue weighted by Gasteiger charge is 2.26. The quantitative estimate of drug-likeness (QED) is 0.540. The molecule has 4 aromatic rings. The topological polar surface area (TPSA) is 102 Å². The number of H-pyrrole nitrogens is 1. The number of rotatable bonds is 6. The lowest BCUT2D eigenvalue weighted by atomic mass is 9.91. The van der Waals surface area contributed by atoms with Gasteiger partial charge < -0.3 is 4.42 Å². The number of furan rings is 1. The number of tetrazole rings is 1. The van der Waals surface area contributed by atoms with Crippen LogP contribution in [0.5, 0.6) is 0 Å². The molecule has 0 aromatic carbocycles. The van der Waals surface area contributed by atoms with Gasteiger partial charge in [-0.2, -0.15) is 5.10 Å². The first-order valence-electron chi connectivity index (χ1n) is 9.80. The van der Waals surface area contributed by atoms with Gasteiger partial charge in [0.25, 0.3) is 0 Å². The van der Waals surface area contributed by atoms with E-state index in [1.807, 2.05) is 42.9 Å². The third-order valence-corrected chi connectivity index (χ3v) is 5.43. The zero-order valence-electron chi connectivity index (χ0n) is 16.0. The summed E-state index contributed by atoms with van der Waals surface area (Å²) in [7, 11) is 0. The molecule has 1 fully saturated rings. The van der Waals surface area contributed by atoms with Gasteiger partial charge in [-0.3, -0.25) is 15.0 Å². The molecule has 0 bridgehead atoms. The molecule has 0 radical (unpaired) electrons. The average molecular weight is 390 g/mol. The van der Waals surface area contributed by atoms with Crippen LogP contribution in [0.3, 0.4) is 0 Å². The number of aromatic amines is 1. The maximum atomic E-state index is 5.43. The molecule has 1 saturated heterocycles. The van der Waals surface area contributed by atoms with Gasteiger partial charge in [0.05, 0.1) is 19.0 Å². The molecular weight excluding hydrogens is 368 g/mol. The molecule has 0 aliphatic carbocycles. The molecule has 0 spiro atoms. The predicted molar refractivity (Wildman–Crippen MR) is 105 cm³/mol. The fourth-order valence-corrected chi connectivity index (χ4v) is 4.01. The first kappa shape index (κ1) is 17.7. The van der Waals surface area contributed by atoms with E-state index in [-0.39, 0.29) is 0 Å². The largest absolute Gasteiger partial charge is 0.467 e. The standard InChI is InChI=1S/C20H22N8O/c1-3-16(20-18(11-22-24-20)15-5-7-21-8-6-15)12-27(9-1)14-19-23-25-26-28(19)13-17-4-2-10-29-17/h2,4-8,10-11,16H,1,3,9,12-14H2,(H,22,24)/t16-/m1/s1. The van der Waals surface area contributed by atoms with Gasteiger partial charge in [0.1, 0.15) is 12.3 Å². The Kier molecular flexibility index (Phi) is 4.87. The molecule has 1 aliphatic heterocycles. The van der Waals surface area contributed by atoms with Crippen LogP contribution in [0.4, 0.5) is 0 Å². The van der Waals surface area contributed by atoms with Crippen molar-refractivity contribution in [3.63, 3.8) is 0 Å². The summed E-state index contributed by atoms with van der Waals surface area (Å²) in [5.74, 6) is 2.08. The van der Waals surface area contributed by atoms with Crippen LogP contribution in [0.25, 0.3) is 11.1 Å². The van der Waals surface area contributed by atoms with Crippen LogP contribution in [0.1, 0.15) is 36.0 Å². The number of aromatic nitrogens is 7. The van der Waals surface area contributed by atoms with Crippen molar-refractivity contribution in [3.8, 4) is 11.1 Å². The van der Waals surface area contributed by atoms with E-state index in [0.717, 1.165) is 48.6 Å². The van der Waals surface area contributed by atoms with Crippen LogP contribution in [-0.4, -0.2) is 53.4 Å². The van der Waals surface area contributed by atoms with Crippen LogP contribution < -0.4 is 0 Å². The molecule has 5 rings (SSSR count). The fraction of sp³-hybridized carbons (Fsp3) is 0.350. The maximum Gasteiger partial charge on any atom is 0.165 e. The zero-order chi connectivity index (χ0) is 19.5. The molecule has 0 saturated carbocycles. The number of likely N-dealkylation sites (tertiary alicyclic amines) is 1. The number of hydrogen-bond donors (Lipinski definition) is 1. The van der Waals surface area contributed by atoms with Gasteiger partial charge in [0, 0.05) is 36.1 Å².